The predicted octanol–water partition coefficient (Wildman–Crippen LogP) is 3.82. The van der Waals surface area contributed by atoms with Gasteiger partial charge in [0, 0.05) is 49.6 Å². The number of hydrogen-bond donors (Lipinski definition) is 1. The van der Waals surface area contributed by atoms with E-state index in [0.29, 0.717) is 5.56 Å². The Bertz CT molecular complexity index is 1200. The molecule has 1 N–H and O–H groups in total. The Morgan fingerprint density at radius 2 is 1.62 bits per heavy atom. The summed E-state index contributed by atoms with van der Waals surface area (Å²) in [6, 6.07) is 13.4. The molecular formula is C22H21ClF2N4O2S. The predicted molar refractivity (Wildman–Crippen MR) is 120 cm³/mol. The smallest absolute Gasteiger partial charge is 0.243 e. The number of hydrogen-bond acceptors (Lipinski definition) is 5. The van der Waals surface area contributed by atoms with Crippen molar-refractivity contribution in [2.45, 2.75) is 11.4 Å². The molecule has 2 heterocycles. The Morgan fingerprint density at radius 3 is 2.31 bits per heavy atom. The molecular weight excluding hydrogens is 458 g/mol. The van der Waals surface area contributed by atoms with Gasteiger partial charge in [-0.05, 0) is 60.2 Å². The summed E-state index contributed by atoms with van der Waals surface area (Å²) in [6.07, 6.45) is 1.62. The highest BCUT2D eigenvalue weighted by Crippen LogP contribution is 2.22. The lowest BCUT2D eigenvalue weighted by atomic mass is 10.2. The number of pyridine rings is 1. The molecule has 32 heavy (non-hydrogen) atoms. The van der Waals surface area contributed by atoms with Crippen LogP contribution < -0.4 is 14.5 Å². The number of rotatable bonds is 6. The zero-order valence-electron chi connectivity index (χ0n) is 17.0. The Labute approximate surface area is 190 Å². The van der Waals surface area contributed by atoms with Crippen molar-refractivity contribution in [3.8, 4) is 0 Å². The minimum Gasteiger partial charge on any atom is -0.368 e. The molecule has 10 heteroatoms. The van der Waals surface area contributed by atoms with E-state index in [1.165, 1.54) is 18.2 Å². The van der Waals surface area contributed by atoms with E-state index in [-0.39, 0.29) is 17.4 Å². The van der Waals surface area contributed by atoms with Gasteiger partial charge < -0.3 is 9.80 Å². The van der Waals surface area contributed by atoms with Crippen LogP contribution in [0.5, 0.6) is 0 Å². The molecule has 0 bridgehead atoms. The highest BCUT2D eigenvalue weighted by atomic mass is 35.5. The van der Waals surface area contributed by atoms with Gasteiger partial charge in [-0.3, -0.25) is 0 Å². The van der Waals surface area contributed by atoms with Gasteiger partial charge in [-0.1, -0.05) is 11.6 Å². The van der Waals surface area contributed by atoms with E-state index in [2.05, 4.69) is 19.5 Å². The van der Waals surface area contributed by atoms with Crippen LogP contribution in [0.3, 0.4) is 0 Å². The number of sulfonamides is 1. The van der Waals surface area contributed by atoms with Gasteiger partial charge in [-0.2, -0.15) is 0 Å². The number of piperazine rings is 1. The van der Waals surface area contributed by atoms with E-state index in [9.17, 15) is 17.2 Å². The van der Waals surface area contributed by atoms with E-state index in [1.54, 1.807) is 24.4 Å². The molecule has 1 fully saturated rings. The Morgan fingerprint density at radius 1 is 0.938 bits per heavy atom. The summed E-state index contributed by atoms with van der Waals surface area (Å²) in [6.45, 7) is 2.93. The molecule has 1 aliphatic heterocycles. The van der Waals surface area contributed by atoms with E-state index in [4.69, 9.17) is 11.6 Å². The molecule has 3 aromatic rings. The van der Waals surface area contributed by atoms with Crippen molar-refractivity contribution in [2.75, 3.05) is 36.0 Å². The van der Waals surface area contributed by atoms with Gasteiger partial charge in [0.1, 0.15) is 22.3 Å². The third-order valence-electron chi connectivity index (χ3n) is 5.26. The van der Waals surface area contributed by atoms with Crippen LogP contribution in [0.4, 0.5) is 20.3 Å². The molecule has 4 rings (SSSR count). The van der Waals surface area contributed by atoms with Crippen molar-refractivity contribution in [2.24, 2.45) is 0 Å². The Hall–Kier alpha value is -2.75. The number of nitrogens with zero attached hydrogens (tertiary/aromatic N) is 3. The van der Waals surface area contributed by atoms with Gasteiger partial charge in [0.15, 0.2) is 0 Å². The van der Waals surface area contributed by atoms with Crippen molar-refractivity contribution >= 4 is 33.1 Å². The van der Waals surface area contributed by atoms with Crippen molar-refractivity contribution in [3.63, 3.8) is 0 Å². The SMILES string of the molecule is O=S(=O)(NCc1ccnc(N2CCN(c3ccc(F)cc3)CC2)c1)c1ccc(Cl)cc1F. The van der Waals surface area contributed by atoms with Crippen LogP contribution in [0, 0.1) is 11.6 Å². The maximum atomic E-state index is 14.0. The van der Waals surface area contributed by atoms with Gasteiger partial charge >= 0.3 is 0 Å². The lowest BCUT2D eigenvalue weighted by Gasteiger charge is -2.36. The fraction of sp³-hybridized carbons (Fsp3) is 0.227. The summed E-state index contributed by atoms with van der Waals surface area (Å²) in [5.41, 5.74) is 1.67. The quantitative estimate of drug-likeness (QED) is 0.583. The number of nitrogens with one attached hydrogen (secondary N) is 1. The molecule has 0 spiro atoms. The van der Waals surface area contributed by atoms with Gasteiger partial charge in [-0.15, -0.1) is 0 Å². The molecule has 0 amide bonds. The maximum absolute atomic E-state index is 14.0. The van der Waals surface area contributed by atoms with Crippen LogP contribution in [0.1, 0.15) is 5.56 Å². The second-order valence-corrected chi connectivity index (χ2v) is 9.54. The zero-order valence-corrected chi connectivity index (χ0v) is 18.6. The monoisotopic (exact) mass is 478 g/mol. The Balaban J connectivity index is 1.39. The molecule has 6 nitrogen and oxygen atoms in total. The van der Waals surface area contributed by atoms with Gasteiger partial charge in [0.05, 0.1) is 0 Å². The molecule has 168 valence electrons. The molecule has 0 atom stereocenters. The van der Waals surface area contributed by atoms with Crippen LogP contribution in [-0.4, -0.2) is 39.6 Å². The van der Waals surface area contributed by atoms with Crippen LogP contribution in [-0.2, 0) is 16.6 Å². The van der Waals surface area contributed by atoms with Gasteiger partial charge in [0.2, 0.25) is 10.0 Å². The Kier molecular flexibility index (Phi) is 6.59. The average molecular weight is 479 g/mol. The average Bonchev–Trinajstić information content (AvgIpc) is 2.78. The van der Waals surface area contributed by atoms with Crippen LogP contribution in [0.15, 0.2) is 65.7 Å². The summed E-state index contributed by atoms with van der Waals surface area (Å²) in [5, 5.41) is 0.125. The minimum atomic E-state index is -4.04. The molecule has 0 radical (unpaired) electrons. The third kappa shape index (κ3) is 5.17. The first-order valence-electron chi connectivity index (χ1n) is 9.97. The number of anilines is 2. The first kappa shape index (κ1) is 22.4. The minimum absolute atomic E-state index is 0.00450. The van der Waals surface area contributed by atoms with Gasteiger partial charge in [-0.25, -0.2) is 26.9 Å². The number of benzene rings is 2. The van der Waals surface area contributed by atoms with Crippen molar-refractivity contribution in [1.82, 2.24) is 9.71 Å². The largest absolute Gasteiger partial charge is 0.368 e. The van der Waals surface area contributed by atoms with E-state index < -0.39 is 20.7 Å². The normalized spacial score (nSPS) is 14.6. The van der Waals surface area contributed by atoms with Crippen LogP contribution >= 0.6 is 11.6 Å². The zero-order chi connectivity index (χ0) is 22.7. The fourth-order valence-corrected chi connectivity index (χ4v) is 4.77. The summed E-state index contributed by atoms with van der Waals surface area (Å²) in [7, 11) is -4.04. The van der Waals surface area contributed by atoms with Crippen molar-refractivity contribution in [3.05, 3.63) is 83.0 Å². The van der Waals surface area contributed by atoms with Crippen LogP contribution in [0.25, 0.3) is 0 Å². The summed E-state index contributed by atoms with van der Waals surface area (Å²) in [4.78, 5) is 8.24. The molecule has 1 aromatic heterocycles. The number of halogens is 3. The summed E-state index contributed by atoms with van der Waals surface area (Å²) >= 11 is 5.70. The highest BCUT2D eigenvalue weighted by molar-refractivity contribution is 7.89. The molecule has 2 aromatic carbocycles. The highest BCUT2D eigenvalue weighted by Gasteiger charge is 2.21. The van der Waals surface area contributed by atoms with E-state index in [0.717, 1.165) is 49.8 Å². The summed E-state index contributed by atoms with van der Waals surface area (Å²) < 4.78 is 54.5. The fourth-order valence-electron chi connectivity index (χ4n) is 3.54. The topological polar surface area (TPSA) is 65.5 Å². The molecule has 0 aliphatic carbocycles. The number of aromatic nitrogens is 1. The maximum Gasteiger partial charge on any atom is 0.243 e. The third-order valence-corrected chi connectivity index (χ3v) is 6.92. The second-order valence-electron chi connectivity index (χ2n) is 7.37. The van der Waals surface area contributed by atoms with Crippen molar-refractivity contribution in [1.29, 1.82) is 0 Å². The standard InChI is InChI=1S/C22H21ClF2N4O2S/c23-17-1-6-21(20(25)14-17)32(30,31)27-15-16-7-8-26-22(13-16)29-11-9-28(10-12-29)19-4-2-18(24)3-5-19/h1-8,13-14,27H,9-12,15H2. The molecule has 1 aliphatic rings. The lowest BCUT2D eigenvalue weighted by molar-refractivity contribution is 0.557. The molecule has 0 unspecified atom stereocenters. The molecule has 1 saturated heterocycles. The van der Waals surface area contributed by atoms with E-state index in [1.807, 2.05) is 6.07 Å². The summed E-state index contributed by atoms with van der Waals surface area (Å²) in [5.74, 6) is -0.430. The van der Waals surface area contributed by atoms with Gasteiger partial charge in [0.25, 0.3) is 0 Å². The second kappa shape index (κ2) is 9.40. The van der Waals surface area contributed by atoms with Crippen LogP contribution in [0.2, 0.25) is 5.02 Å². The lowest BCUT2D eigenvalue weighted by Crippen LogP contribution is -2.46. The first-order chi connectivity index (χ1) is 15.3. The van der Waals surface area contributed by atoms with E-state index >= 15 is 0 Å². The first-order valence-corrected chi connectivity index (χ1v) is 11.8. The van der Waals surface area contributed by atoms with Crippen molar-refractivity contribution < 1.29 is 17.2 Å². The molecule has 0 saturated carbocycles.